The SMILES string of the molecule is CCCc1ccc(-c2ccc(C(c3cccc(F)c3)C(C)(C)C(=O)NC(=N)SC=N)s2)cc1. The lowest BCUT2D eigenvalue weighted by molar-refractivity contribution is -0.128. The zero-order valence-corrected chi connectivity index (χ0v) is 20.6. The van der Waals surface area contributed by atoms with Crippen LogP contribution in [0.5, 0.6) is 0 Å². The van der Waals surface area contributed by atoms with Gasteiger partial charge in [0.1, 0.15) is 5.82 Å². The van der Waals surface area contributed by atoms with Crippen molar-refractivity contribution in [1.82, 2.24) is 5.32 Å². The first-order chi connectivity index (χ1) is 15.8. The summed E-state index contributed by atoms with van der Waals surface area (Å²) in [5.41, 5.74) is 3.13. The molecule has 0 aliphatic rings. The average Bonchev–Trinajstić information content (AvgIpc) is 3.24. The quantitative estimate of drug-likeness (QED) is 0.238. The van der Waals surface area contributed by atoms with Gasteiger partial charge in [-0.1, -0.05) is 63.6 Å². The molecule has 1 heterocycles. The summed E-state index contributed by atoms with van der Waals surface area (Å²) in [6.07, 6.45) is 2.15. The number of aryl methyl sites for hydroxylation is 1. The van der Waals surface area contributed by atoms with E-state index in [0.29, 0.717) is 5.56 Å². The van der Waals surface area contributed by atoms with E-state index in [9.17, 15) is 9.18 Å². The molecule has 3 aromatic rings. The van der Waals surface area contributed by atoms with E-state index in [0.717, 1.165) is 45.5 Å². The third-order valence-electron chi connectivity index (χ3n) is 5.58. The minimum absolute atomic E-state index is 0.111. The fourth-order valence-corrected chi connectivity index (χ4v) is 5.49. The Morgan fingerprint density at radius 2 is 1.91 bits per heavy atom. The van der Waals surface area contributed by atoms with Gasteiger partial charge in [0.15, 0.2) is 5.17 Å². The van der Waals surface area contributed by atoms with Gasteiger partial charge in [0.2, 0.25) is 5.91 Å². The van der Waals surface area contributed by atoms with Gasteiger partial charge >= 0.3 is 0 Å². The molecular formula is C26H28FN3OS2. The van der Waals surface area contributed by atoms with Crippen molar-refractivity contribution in [3.8, 4) is 10.4 Å². The van der Waals surface area contributed by atoms with Gasteiger partial charge in [-0.3, -0.25) is 10.2 Å². The third kappa shape index (κ3) is 5.97. The Labute approximate surface area is 202 Å². The number of nitrogens with one attached hydrogen (secondary N) is 3. The maximum atomic E-state index is 14.2. The van der Waals surface area contributed by atoms with Crippen LogP contribution in [0, 0.1) is 22.1 Å². The number of thioether (sulfide) groups is 1. The fraction of sp³-hybridized carbons (Fsp3) is 0.269. The lowest BCUT2D eigenvalue weighted by Gasteiger charge is -2.33. The van der Waals surface area contributed by atoms with Crippen LogP contribution in [0.4, 0.5) is 4.39 Å². The highest BCUT2D eigenvalue weighted by Crippen LogP contribution is 2.45. The Bertz CT molecular complexity index is 1140. The normalized spacial score (nSPS) is 12.2. The number of hydrogen-bond donors (Lipinski definition) is 3. The average molecular weight is 482 g/mol. The molecule has 0 aliphatic carbocycles. The van der Waals surface area contributed by atoms with Crippen molar-refractivity contribution in [2.75, 3.05) is 0 Å². The van der Waals surface area contributed by atoms with E-state index in [1.54, 1.807) is 31.3 Å². The third-order valence-corrected chi connectivity index (χ3v) is 7.24. The molecule has 0 radical (unpaired) electrons. The lowest BCUT2D eigenvalue weighted by atomic mass is 9.73. The molecule has 0 saturated heterocycles. The molecule has 0 bridgehead atoms. The van der Waals surface area contributed by atoms with Crippen molar-refractivity contribution in [3.05, 3.63) is 82.5 Å². The molecule has 3 N–H and O–H groups in total. The summed E-state index contributed by atoms with van der Waals surface area (Å²) in [6, 6.07) is 18.9. The lowest BCUT2D eigenvalue weighted by Crippen LogP contribution is -2.43. The van der Waals surface area contributed by atoms with Crippen molar-refractivity contribution in [2.24, 2.45) is 5.41 Å². The van der Waals surface area contributed by atoms with Gasteiger partial charge in [-0.05, 0) is 59.1 Å². The van der Waals surface area contributed by atoms with E-state index < -0.39 is 11.3 Å². The molecule has 0 fully saturated rings. The standard InChI is InChI=1S/C26H28FN3OS2/c1-4-6-17-9-11-18(12-10-17)21-13-14-22(33-21)23(19-7-5-8-20(27)15-19)26(2,3)24(31)30-25(29)32-16-28/h5,7-16,23,28H,4,6H2,1-3H3,(H2,29,30,31). The number of rotatable bonds is 8. The number of carbonyl (C=O) groups is 1. The number of amides is 1. The number of thiophene rings is 1. The molecule has 3 rings (SSSR count). The van der Waals surface area contributed by atoms with Gasteiger partial charge in [-0.25, -0.2) is 4.39 Å². The molecule has 1 amide bonds. The van der Waals surface area contributed by atoms with Crippen molar-refractivity contribution in [2.45, 2.75) is 39.5 Å². The summed E-state index contributed by atoms with van der Waals surface area (Å²) in [5, 5.41) is 17.5. The first-order valence-corrected chi connectivity index (χ1v) is 12.5. The topological polar surface area (TPSA) is 76.8 Å². The summed E-state index contributed by atoms with van der Waals surface area (Å²) in [7, 11) is 0. The molecule has 1 unspecified atom stereocenters. The summed E-state index contributed by atoms with van der Waals surface area (Å²) in [6.45, 7) is 5.77. The van der Waals surface area contributed by atoms with Crippen molar-refractivity contribution < 1.29 is 9.18 Å². The van der Waals surface area contributed by atoms with Gasteiger partial charge in [-0.15, -0.1) is 11.3 Å². The van der Waals surface area contributed by atoms with Gasteiger partial charge < -0.3 is 10.7 Å². The van der Waals surface area contributed by atoms with Crippen LogP contribution in [0.15, 0.2) is 60.7 Å². The molecule has 172 valence electrons. The zero-order chi connectivity index (χ0) is 24.0. The second kappa shape index (κ2) is 10.9. The van der Waals surface area contributed by atoms with E-state index in [-0.39, 0.29) is 16.9 Å². The maximum absolute atomic E-state index is 14.2. The molecule has 4 nitrogen and oxygen atoms in total. The minimum atomic E-state index is -0.976. The van der Waals surface area contributed by atoms with Gasteiger partial charge in [0.05, 0.1) is 11.0 Å². The number of carbonyl (C=O) groups excluding carboxylic acids is 1. The van der Waals surface area contributed by atoms with Crippen LogP contribution in [0.25, 0.3) is 10.4 Å². The van der Waals surface area contributed by atoms with Gasteiger partial charge in [0.25, 0.3) is 0 Å². The zero-order valence-electron chi connectivity index (χ0n) is 18.9. The van der Waals surface area contributed by atoms with Gasteiger partial charge in [-0.2, -0.15) is 0 Å². The van der Waals surface area contributed by atoms with Crippen LogP contribution in [-0.4, -0.2) is 16.6 Å². The van der Waals surface area contributed by atoms with Gasteiger partial charge in [0, 0.05) is 15.7 Å². The van der Waals surface area contributed by atoms with E-state index in [4.69, 9.17) is 10.8 Å². The van der Waals surface area contributed by atoms with Crippen LogP contribution in [0.3, 0.4) is 0 Å². The van der Waals surface area contributed by atoms with Crippen molar-refractivity contribution >= 4 is 39.7 Å². The van der Waals surface area contributed by atoms with Crippen molar-refractivity contribution in [1.29, 1.82) is 10.8 Å². The Balaban J connectivity index is 1.99. The first-order valence-electron chi connectivity index (χ1n) is 10.8. The van der Waals surface area contributed by atoms with Crippen LogP contribution < -0.4 is 5.32 Å². The van der Waals surface area contributed by atoms with E-state index in [2.05, 4.69) is 36.5 Å². The van der Waals surface area contributed by atoms with Crippen LogP contribution in [0.2, 0.25) is 0 Å². The predicted octanol–water partition coefficient (Wildman–Crippen LogP) is 7.06. The van der Waals surface area contributed by atoms with Crippen LogP contribution in [0.1, 0.15) is 49.1 Å². The molecule has 1 aromatic heterocycles. The summed E-state index contributed by atoms with van der Waals surface area (Å²) < 4.78 is 14.2. The molecule has 1 atom stereocenters. The number of benzene rings is 2. The highest BCUT2D eigenvalue weighted by atomic mass is 32.2. The fourth-order valence-electron chi connectivity index (χ4n) is 3.89. The summed E-state index contributed by atoms with van der Waals surface area (Å²) in [4.78, 5) is 15.2. The Hall–Kier alpha value is -2.77. The Kier molecular flexibility index (Phi) is 8.21. The smallest absolute Gasteiger partial charge is 0.232 e. The first kappa shape index (κ1) is 24.9. The van der Waals surface area contributed by atoms with Crippen molar-refractivity contribution in [3.63, 3.8) is 0 Å². The minimum Gasteiger partial charge on any atom is -0.305 e. The molecule has 0 aliphatic heterocycles. The number of halogens is 1. The molecule has 7 heteroatoms. The second-order valence-corrected chi connectivity index (χ2v) is 10.4. The highest BCUT2D eigenvalue weighted by molar-refractivity contribution is 8.24. The Morgan fingerprint density at radius 1 is 1.18 bits per heavy atom. The molecular weight excluding hydrogens is 453 g/mol. The van der Waals surface area contributed by atoms with Crippen LogP contribution >= 0.6 is 23.1 Å². The largest absolute Gasteiger partial charge is 0.305 e. The van der Waals surface area contributed by atoms with E-state index in [1.807, 2.05) is 18.2 Å². The maximum Gasteiger partial charge on any atom is 0.232 e. The molecule has 2 aromatic carbocycles. The monoisotopic (exact) mass is 481 g/mol. The van der Waals surface area contributed by atoms with Crippen LogP contribution in [-0.2, 0) is 11.2 Å². The van der Waals surface area contributed by atoms with E-state index >= 15 is 0 Å². The summed E-state index contributed by atoms with van der Waals surface area (Å²) >= 11 is 2.41. The highest BCUT2D eigenvalue weighted by Gasteiger charge is 2.40. The number of amidine groups is 1. The molecule has 0 spiro atoms. The molecule has 0 saturated carbocycles. The molecule has 33 heavy (non-hydrogen) atoms. The Morgan fingerprint density at radius 3 is 2.55 bits per heavy atom. The second-order valence-electron chi connectivity index (χ2n) is 8.38. The number of hydrogen-bond acceptors (Lipinski definition) is 5. The predicted molar refractivity (Wildman–Crippen MR) is 138 cm³/mol. The van der Waals surface area contributed by atoms with E-state index in [1.165, 1.54) is 17.7 Å². The summed E-state index contributed by atoms with van der Waals surface area (Å²) in [5.74, 6) is -1.12.